The summed E-state index contributed by atoms with van der Waals surface area (Å²) in [6.07, 6.45) is 4.38. The molecule has 1 aromatic heterocycles. The zero-order valence-electron chi connectivity index (χ0n) is 17.6. The predicted octanol–water partition coefficient (Wildman–Crippen LogP) is 4.30. The van der Waals surface area contributed by atoms with Gasteiger partial charge < -0.3 is 14.6 Å². The van der Waals surface area contributed by atoms with Crippen molar-refractivity contribution in [3.05, 3.63) is 88.3 Å². The molecule has 0 bridgehead atoms. The van der Waals surface area contributed by atoms with E-state index in [4.69, 9.17) is 4.74 Å². The molecule has 0 spiro atoms. The Morgan fingerprint density at radius 3 is 2.57 bits per heavy atom. The first-order valence-corrected chi connectivity index (χ1v) is 10.3. The lowest BCUT2D eigenvalue weighted by Gasteiger charge is -2.13. The predicted molar refractivity (Wildman–Crippen MR) is 120 cm³/mol. The van der Waals surface area contributed by atoms with Crippen LogP contribution in [-0.2, 0) is 13.0 Å². The van der Waals surface area contributed by atoms with Crippen LogP contribution in [0.25, 0.3) is 11.1 Å². The molecule has 3 aromatic rings. The molecular weight excluding hydrogens is 376 g/mol. The van der Waals surface area contributed by atoms with Gasteiger partial charge in [-0.3, -0.25) is 9.59 Å². The summed E-state index contributed by atoms with van der Waals surface area (Å²) in [6, 6.07) is 19.2. The van der Waals surface area contributed by atoms with Crippen molar-refractivity contribution >= 4 is 5.91 Å². The molecular formula is C25H28N2O3. The highest BCUT2D eigenvalue weighted by Gasteiger charge is 2.15. The number of nitrogens with zero attached hydrogens (tertiary/aromatic N) is 1. The van der Waals surface area contributed by atoms with Crippen LogP contribution in [0.5, 0.6) is 5.75 Å². The van der Waals surface area contributed by atoms with Crippen molar-refractivity contribution in [1.82, 2.24) is 9.88 Å². The average Bonchev–Trinajstić information content (AvgIpc) is 2.79. The van der Waals surface area contributed by atoms with Crippen LogP contribution in [0.1, 0.15) is 35.7 Å². The Morgan fingerprint density at radius 2 is 1.83 bits per heavy atom. The molecule has 0 saturated carbocycles. The van der Waals surface area contributed by atoms with Crippen LogP contribution in [-0.4, -0.2) is 24.1 Å². The average molecular weight is 405 g/mol. The fourth-order valence-corrected chi connectivity index (χ4v) is 3.31. The maximum atomic E-state index is 12.9. The molecule has 156 valence electrons. The van der Waals surface area contributed by atoms with Crippen LogP contribution >= 0.6 is 0 Å². The number of ether oxygens (including phenoxy) is 1. The topological polar surface area (TPSA) is 60.3 Å². The van der Waals surface area contributed by atoms with E-state index < -0.39 is 0 Å². The van der Waals surface area contributed by atoms with E-state index in [2.05, 4.69) is 12.2 Å². The summed E-state index contributed by atoms with van der Waals surface area (Å²) in [7, 11) is 1.62. The maximum absolute atomic E-state index is 12.9. The Bertz CT molecular complexity index is 1040. The number of unbranched alkanes of at least 4 members (excludes halogenated alkanes) is 1. The molecule has 1 heterocycles. The van der Waals surface area contributed by atoms with Crippen LogP contribution < -0.4 is 15.6 Å². The zero-order chi connectivity index (χ0) is 21.3. The summed E-state index contributed by atoms with van der Waals surface area (Å²) in [5, 5.41) is 2.90. The monoisotopic (exact) mass is 404 g/mol. The van der Waals surface area contributed by atoms with E-state index in [1.807, 2.05) is 60.8 Å². The van der Waals surface area contributed by atoms with E-state index in [-0.39, 0.29) is 17.0 Å². The van der Waals surface area contributed by atoms with Gasteiger partial charge in [0, 0.05) is 19.3 Å². The zero-order valence-corrected chi connectivity index (χ0v) is 17.6. The van der Waals surface area contributed by atoms with Crippen molar-refractivity contribution < 1.29 is 9.53 Å². The fraction of sp³-hybridized carbons (Fsp3) is 0.280. The fourth-order valence-electron chi connectivity index (χ4n) is 3.31. The summed E-state index contributed by atoms with van der Waals surface area (Å²) < 4.78 is 6.96. The van der Waals surface area contributed by atoms with Crippen LogP contribution in [0.4, 0.5) is 0 Å². The Labute approximate surface area is 177 Å². The van der Waals surface area contributed by atoms with Gasteiger partial charge in [-0.05, 0) is 47.7 Å². The minimum atomic E-state index is -0.342. The highest BCUT2D eigenvalue weighted by molar-refractivity contribution is 5.95. The van der Waals surface area contributed by atoms with Gasteiger partial charge in [0.05, 0.1) is 7.11 Å². The van der Waals surface area contributed by atoms with Gasteiger partial charge in [-0.15, -0.1) is 0 Å². The van der Waals surface area contributed by atoms with E-state index in [9.17, 15) is 9.59 Å². The second-order valence-electron chi connectivity index (χ2n) is 7.22. The van der Waals surface area contributed by atoms with Crippen molar-refractivity contribution in [2.45, 2.75) is 32.7 Å². The van der Waals surface area contributed by atoms with E-state index in [1.165, 1.54) is 0 Å². The minimum Gasteiger partial charge on any atom is -0.497 e. The molecule has 3 rings (SSSR count). The highest BCUT2D eigenvalue weighted by Crippen LogP contribution is 2.24. The molecule has 1 N–H and O–H groups in total. The van der Waals surface area contributed by atoms with Crippen LogP contribution in [0, 0.1) is 0 Å². The summed E-state index contributed by atoms with van der Waals surface area (Å²) in [6.45, 7) is 3.13. The number of pyridine rings is 1. The number of amides is 1. The lowest BCUT2D eigenvalue weighted by atomic mass is 10.0. The quantitative estimate of drug-likeness (QED) is 0.579. The third kappa shape index (κ3) is 5.38. The van der Waals surface area contributed by atoms with Gasteiger partial charge in [0.15, 0.2) is 0 Å². The Hall–Kier alpha value is -3.34. The molecule has 5 nitrogen and oxygen atoms in total. The molecule has 0 aliphatic carbocycles. The Kier molecular flexibility index (Phi) is 7.44. The number of carbonyl (C=O) groups excluding carboxylic acids is 1. The SMILES string of the molecule is CCCCn1cc(-c2cccc(OC)c2)cc(C(=O)NCCc2ccccc2)c1=O. The van der Waals surface area contributed by atoms with E-state index >= 15 is 0 Å². The van der Waals surface area contributed by atoms with Gasteiger partial charge in [-0.2, -0.15) is 0 Å². The van der Waals surface area contributed by atoms with E-state index in [1.54, 1.807) is 17.7 Å². The second kappa shape index (κ2) is 10.4. The van der Waals surface area contributed by atoms with Gasteiger partial charge in [-0.1, -0.05) is 55.8 Å². The number of aryl methyl sites for hydroxylation is 1. The third-order valence-electron chi connectivity index (χ3n) is 5.03. The highest BCUT2D eigenvalue weighted by atomic mass is 16.5. The lowest BCUT2D eigenvalue weighted by Crippen LogP contribution is -2.34. The summed E-state index contributed by atoms with van der Waals surface area (Å²) in [4.78, 5) is 25.8. The number of hydrogen-bond acceptors (Lipinski definition) is 3. The molecule has 5 heteroatoms. The maximum Gasteiger partial charge on any atom is 0.263 e. The molecule has 0 aliphatic heterocycles. The molecule has 0 atom stereocenters. The largest absolute Gasteiger partial charge is 0.497 e. The Balaban J connectivity index is 1.87. The van der Waals surface area contributed by atoms with Crippen LogP contribution in [0.2, 0.25) is 0 Å². The standard InChI is InChI=1S/C25H28N2O3/c1-3-4-15-27-18-21(20-11-8-12-22(16-20)30-2)17-23(25(27)29)24(28)26-14-13-19-9-6-5-7-10-19/h5-12,16-18H,3-4,13-15H2,1-2H3,(H,26,28). The summed E-state index contributed by atoms with van der Waals surface area (Å²) >= 11 is 0. The van der Waals surface area contributed by atoms with Crippen LogP contribution in [0.15, 0.2) is 71.7 Å². The number of benzene rings is 2. The van der Waals surface area contributed by atoms with Crippen molar-refractivity contribution in [3.63, 3.8) is 0 Å². The van der Waals surface area contributed by atoms with Crippen LogP contribution in [0.3, 0.4) is 0 Å². The molecule has 1 amide bonds. The molecule has 0 unspecified atom stereocenters. The molecule has 0 radical (unpaired) electrons. The van der Waals surface area contributed by atoms with Crippen molar-refractivity contribution in [1.29, 1.82) is 0 Å². The summed E-state index contributed by atoms with van der Waals surface area (Å²) in [5.41, 5.74) is 2.77. The van der Waals surface area contributed by atoms with E-state index in [0.29, 0.717) is 19.5 Å². The van der Waals surface area contributed by atoms with Gasteiger partial charge in [-0.25, -0.2) is 0 Å². The van der Waals surface area contributed by atoms with Gasteiger partial charge in [0.2, 0.25) is 0 Å². The molecule has 0 fully saturated rings. The van der Waals surface area contributed by atoms with Gasteiger partial charge in [0.1, 0.15) is 11.3 Å². The molecule has 0 saturated heterocycles. The van der Waals surface area contributed by atoms with Crippen molar-refractivity contribution in [3.8, 4) is 16.9 Å². The number of carbonyl (C=O) groups is 1. The van der Waals surface area contributed by atoms with Gasteiger partial charge >= 0.3 is 0 Å². The minimum absolute atomic E-state index is 0.166. The first-order valence-electron chi connectivity index (χ1n) is 10.3. The third-order valence-corrected chi connectivity index (χ3v) is 5.03. The number of aromatic nitrogens is 1. The normalized spacial score (nSPS) is 10.6. The van der Waals surface area contributed by atoms with Gasteiger partial charge in [0.25, 0.3) is 11.5 Å². The summed E-state index contributed by atoms with van der Waals surface area (Å²) in [5.74, 6) is 0.388. The lowest BCUT2D eigenvalue weighted by molar-refractivity contribution is 0.0952. The first-order chi connectivity index (χ1) is 14.6. The number of nitrogens with one attached hydrogen (secondary N) is 1. The molecule has 30 heavy (non-hydrogen) atoms. The van der Waals surface area contributed by atoms with E-state index in [0.717, 1.165) is 35.3 Å². The Morgan fingerprint density at radius 1 is 1.03 bits per heavy atom. The number of rotatable bonds is 9. The second-order valence-corrected chi connectivity index (χ2v) is 7.22. The molecule has 0 aliphatic rings. The molecule has 2 aromatic carbocycles. The smallest absolute Gasteiger partial charge is 0.263 e. The first kappa shape index (κ1) is 21.4. The number of hydrogen-bond donors (Lipinski definition) is 1. The van der Waals surface area contributed by atoms with Crippen molar-refractivity contribution in [2.75, 3.05) is 13.7 Å². The number of methoxy groups -OCH3 is 1. The van der Waals surface area contributed by atoms with Crippen molar-refractivity contribution in [2.24, 2.45) is 0 Å².